The standard InChI is InChI=1S/C12H17F6N2O5P/c13-11(14,15)9(21)19-5-1-3-7-24-26(23)25-8-4-2-6-20-10(22)12(16,17)18/h1-8H2,(H-,19,20,21,22)/p+1. The second-order valence-electron chi connectivity index (χ2n) is 4.81. The molecule has 0 fully saturated rings. The van der Waals surface area contributed by atoms with Crippen LogP contribution in [-0.4, -0.2) is 50.5 Å². The highest BCUT2D eigenvalue weighted by Crippen LogP contribution is 2.24. The summed E-state index contributed by atoms with van der Waals surface area (Å²) in [5, 5.41) is 3.32. The molecule has 7 nitrogen and oxygen atoms in total. The van der Waals surface area contributed by atoms with Crippen molar-refractivity contribution in [2.24, 2.45) is 0 Å². The lowest BCUT2D eigenvalue weighted by Crippen LogP contribution is -2.37. The number of carbonyl (C=O) groups is 2. The van der Waals surface area contributed by atoms with E-state index in [0.29, 0.717) is 0 Å². The zero-order chi connectivity index (χ0) is 20.2. The molecule has 0 heterocycles. The van der Waals surface area contributed by atoms with Crippen molar-refractivity contribution in [2.45, 2.75) is 38.0 Å². The number of hydrogen-bond acceptors (Lipinski definition) is 5. The largest absolute Gasteiger partial charge is 0.697 e. The molecule has 0 unspecified atom stereocenters. The zero-order valence-corrected chi connectivity index (χ0v) is 14.3. The average Bonchev–Trinajstić information content (AvgIpc) is 2.51. The molecule has 0 bridgehead atoms. The average molecular weight is 415 g/mol. The Labute approximate surface area is 145 Å². The molecule has 152 valence electrons. The number of rotatable bonds is 12. The molecule has 0 aliphatic carbocycles. The summed E-state index contributed by atoms with van der Waals surface area (Å²) in [6.45, 7) is -0.580. The molecule has 2 N–H and O–H groups in total. The van der Waals surface area contributed by atoms with Gasteiger partial charge in [0.1, 0.15) is 13.2 Å². The lowest BCUT2D eigenvalue weighted by molar-refractivity contribution is -0.173. The van der Waals surface area contributed by atoms with Crippen LogP contribution in [0.2, 0.25) is 0 Å². The number of nitrogens with one attached hydrogen (secondary N) is 2. The van der Waals surface area contributed by atoms with Crippen LogP contribution in [0.4, 0.5) is 26.3 Å². The summed E-state index contributed by atoms with van der Waals surface area (Å²) in [7, 11) is -2.47. The number of hydrogen-bond donors (Lipinski definition) is 2. The number of alkyl halides is 6. The van der Waals surface area contributed by atoms with Crippen LogP contribution >= 0.6 is 8.25 Å². The summed E-state index contributed by atoms with van der Waals surface area (Å²) in [5.41, 5.74) is 0. The van der Waals surface area contributed by atoms with Gasteiger partial charge in [0.2, 0.25) is 0 Å². The third kappa shape index (κ3) is 12.8. The number of carbonyl (C=O) groups excluding carboxylic acids is 2. The van der Waals surface area contributed by atoms with Crippen LogP contribution in [0.3, 0.4) is 0 Å². The summed E-state index contributed by atoms with van der Waals surface area (Å²) in [6.07, 6.45) is -9.08. The zero-order valence-electron chi connectivity index (χ0n) is 13.4. The number of amides is 2. The van der Waals surface area contributed by atoms with Gasteiger partial charge < -0.3 is 10.6 Å². The maximum absolute atomic E-state index is 11.9. The van der Waals surface area contributed by atoms with Crippen molar-refractivity contribution in [1.29, 1.82) is 0 Å². The van der Waals surface area contributed by atoms with E-state index in [2.05, 4.69) is 0 Å². The van der Waals surface area contributed by atoms with Gasteiger partial charge in [0.05, 0.1) is 0 Å². The highest BCUT2D eigenvalue weighted by Gasteiger charge is 2.38. The molecule has 0 aromatic carbocycles. The second kappa shape index (κ2) is 12.0. The Morgan fingerprint density at radius 3 is 1.38 bits per heavy atom. The van der Waals surface area contributed by atoms with Crippen LogP contribution in [0.15, 0.2) is 0 Å². The predicted octanol–water partition coefficient (Wildman–Crippen LogP) is 2.59. The molecule has 0 rings (SSSR count). The van der Waals surface area contributed by atoms with Crippen molar-refractivity contribution in [3.63, 3.8) is 0 Å². The first-order chi connectivity index (χ1) is 11.9. The van der Waals surface area contributed by atoms with Crippen LogP contribution in [0.1, 0.15) is 25.7 Å². The lowest BCUT2D eigenvalue weighted by atomic mass is 10.3. The number of halogens is 6. The fourth-order valence-corrected chi connectivity index (χ4v) is 2.00. The van der Waals surface area contributed by atoms with Gasteiger partial charge in [0.15, 0.2) is 0 Å². The minimum absolute atomic E-state index is 0.0707. The van der Waals surface area contributed by atoms with E-state index in [1.165, 1.54) is 0 Å². The van der Waals surface area contributed by atoms with E-state index in [-0.39, 0.29) is 52.0 Å². The summed E-state index contributed by atoms with van der Waals surface area (Å²) in [5.74, 6) is -4.08. The van der Waals surface area contributed by atoms with Crippen molar-refractivity contribution in [3.05, 3.63) is 0 Å². The van der Waals surface area contributed by atoms with Gasteiger partial charge in [-0.05, 0) is 25.7 Å². The van der Waals surface area contributed by atoms with E-state index in [9.17, 15) is 40.5 Å². The molecule has 0 spiro atoms. The van der Waals surface area contributed by atoms with Crippen LogP contribution in [-0.2, 0) is 23.2 Å². The van der Waals surface area contributed by atoms with Crippen LogP contribution in [0, 0.1) is 0 Å². The Morgan fingerprint density at radius 2 is 1.08 bits per heavy atom. The van der Waals surface area contributed by atoms with Gasteiger partial charge >= 0.3 is 32.4 Å². The minimum atomic E-state index is -4.94. The van der Waals surface area contributed by atoms with Crippen molar-refractivity contribution >= 4 is 20.1 Å². The highest BCUT2D eigenvalue weighted by molar-refractivity contribution is 7.33. The van der Waals surface area contributed by atoms with E-state index >= 15 is 0 Å². The molecule has 0 saturated carbocycles. The Bertz CT molecular complexity index is 432. The van der Waals surface area contributed by atoms with E-state index in [4.69, 9.17) is 9.05 Å². The fraction of sp³-hybridized carbons (Fsp3) is 0.833. The molecule has 2 amide bonds. The van der Waals surface area contributed by atoms with Gasteiger partial charge in [-0.2, -0.15) is 26.3 Å². The molecule has 0 saturated heterocycles. The van der Waals surface area contributed by atoms with Crippen LogP contribution in [0.5, 0.6) is 0 Å². The Balaban J connectivity index is 3.51. The first kappa shape index (κ1) is 24.5. The topological polar surface area (TPSA) is 93.7 Å². The van der Waals surface area contributed by atoms with Crippen molar-refractivity contribution in [2.75, 3.05) is 26.3 Å². The second-order valence-corrected chi connectivity index (χ2v) is 5.78. The monoisotopic (exact) mass is 415 g/mol. The van der Waals surface area contributed by atoms with Crippen molar-refractivity contribution in [1.82, 2.24) is 10.6 Å². The molecule has 14 heteroatoms. The Kier molecular flexibility index (Phi) is 11.3. The third-order valence-electron chi connectivity index (χ3n) is 2.62. The maximum atomic E-state index is 11.9. The molecular weight excluding hydrogens is 397 g/mol. The van der Waals surface area contributed by atoms with Crippen molar-refractivity contribution < 1.29 is 49.5 Å². The molecular formula is C12H18F6N2O5P+. The molecule has 0 atom stereocenters. The van der Waals surface area contributed by atoms with Crippen molar-refractivity contribution in [3.8, 4) is 0 Å². The Hall–Kier alpha value is -1.46. The number of unbranched alkanes of at least 4 members (excludes halogenated alkanes) is 2. The first-order valence-electron chi connectivity index (χ1n) is 7.37. The van der Waals surface area contributed by atoms with Gasteiger partial charge in [0, 0.05) is 17.7 Å². The smallest absolute Gasteiger partial charge is 0.348 e. The SMILES string of the molecule is O=C(NCCCCO[P+](=O)OCCCCNC(=O)C(F)(F)F)C(F)(F)F. The quantitative estimate of drug-likeness (QED) is 0.290. The molecule has 26 heavy (non-hydrogen) atoms. The van der Waals surface area contributed by atoms with Gasteiger partial charge in [-0.25, -0.2) is 0 Å². The lowest BCUT2D eigenvalue weighted by Gasteiger charge is -2.06. The Morgan fingerprint density at radius 1 is 0.731 bits per heavy atom. The van der Waals surface area contributed by atoms with Crippen LogP contribution < -0.4 is 10.6 Å². The van der Waals surface area contributed by atoms with E-state index in [1.54, 1.807) is 10.6 Å². The molecule has 0 radical (unpaired) electrons. The van der Waals surface area contributed by atoms with E-state index < -0.39 is 32.4 Å². The molecule has 0 aliphatic heterocycles. The maximum Gasteiger partial charge on any atom is 0.697 e. The van der Waals surface area contributed by atoms with E-state index in [1.807, 2.05) is 0 Å². The highest BCUT2D eigenvalue weighted by atomic mass is 31.1. The summed E-state index contributed by atoms with van der Waals surface area (Å²) >= 11 is 0. The van der Waals surface area contributed by atoms with Crippen LogP contribution in [0.25, 0.3) is 0 Å². The molecule has 0 aromatic heterocycles. The summed E-state index contributed by atoms with van der Waals surface area (Å²) in [4.78, 5) is 20.9. The normalized spacial score (nSPS) is 11.9. The summed E-state index contributed by atoms with van der Waals surface area (Å²) in [6, 6.07) is 0. The van der Waals surface area contributed by atoms with Gasteiger partial charge in [-0.3, -0.25) is 9.59 Å². The van der Waals surface area contributed by atoms with Gasteiger partial charge in [0.25, 0.3) is 0 Å². The van der Waals surface area contributed by atoms with Gasteiger partial charge in [-0.1, -0.05) is 0 Å². The minimum Gasteiger partial charge on any atom is -0.348 e. The fourth-order valence-electron chi connectivity index (χ4n) is 1.37. The third-order valence-corrected chi connectivity index (χ3v) is 3.41. The molecule has 0 aromatic rings. The summed E-state index contributed by atoms with van der Waals surface area (Å²) < 4.78 is 91.9. The predicted molar refractivity (Wildman–Crippen MR) is 76.1 cm³/mol. The first-order valence-corrected chi connectivity index (χ1v) is 8.47. The van der Waals surface area contributed by atoms with Gasteiger partial charge in [-0.15, -0.1) is 9.05 Å². The molecule has 0 aliphatic rings. The van der Waals surface area contributed by atoms with E-state index in [0.717, 1.165) is 0 Å².